The smallest absolute Gasteiger partial charge is 0.320 e. The van der Waals surface area contributed by atoms with Crippen LogP contribution < -0.4 is 10.6 Å². The van der Waals surface area contributed by atoms with E-state index < -0.39 is 0 Å². The van der Waals surface area contributed by atoms with Crippen LogP contribution in [0.25, 0.3) is 0 Å². The third kappa shape index (κ3) is 3.58. The average molecular weight is 333 g/mol. The second kappa shape index (κ2) is 7.55. The SMILES string of the molecule is CC[C@@H](C)n1nccc1NC(=O)NCC1(N2CCCC2)CCCC1. The fraction of sp³-hybridized carbons (Fsp3) is 0.778. The van der Waals surface area contributed by atoms with Gasteiger partial charge in [-0.15, -0.1) is 0 Å². The summed E-state index contributed by atoms with van der Waals surface area (Å²) >= 11 is 0. The zero-order valence-corrected chi connectivity index (χ0v) is 15.1. The maximum absolute atomic E-state index is 12.4. The number of carbonyl (C=O) groups excluding carboxylic acids is 1. The van der Waals surface area contributed by atoms with E-state index in [9.17, 15) is 4.79 Å². The van der Waals surface area contributed by atoms with Crippen LogP contribution in [0.15, 0.2) is 12.3 Å². The molecule has 2 fully saturated rings. The van der Waals surface area contributed by atoms with E-state index in [4.69, 9.17) is 0 Å². The summed E-state index contributed by atoms with van der Waals surface area (Å²) in [5, 5.41) is 10.4. The summed E-state index contributed by atoms with van der Waals surface area (Å²) in [6, 6.07) is 2.02. The number of likely N-dealkylation sites (tertiary alicyclic amines) is 1. The van der Waals surface area contributed by atoms with Crippen molar-refractivity contribution in [1.29, 1.82) is 0 Å². The van der Waals surface area contributed by atoms with E-state index in [1.165, 1.54) is 51.6 Å². The van der Waals surface area contributed by atoms with Gasteiger partial charge in [0.1, 0.15) is 5.82 Å². The van der Waals surface area contributed by atoms with E-state index >= 15 is 0 Å². The summed E-state index contributed by atoms with van der Waals surface area (Å²) in [6.45, 7) is 7.34. The molecule has 1 aliphatic heterocycles. The number of aromatic nitrogens is 2. The fourth-order valence-corrected chi connectivity index (χ4v) is 4.17. The Balaban J connectivity index is 1.58. The molecule has 2 amide bonds. The molecule has 6 nitrogen and oxygen atoms in total. The number of amides is 2. The molecule has 0 bridgehead atoms. The summed E-state index contributed by atoms with van der Waals surface area (Å²) in [5.41, 5.74) is 0.185. The Labute approximate surface area is 145 Å². The Morgan fingerprint density at radius 1 is 1.29 bits per heavy atom. The van der Waals surface area contributed by atoms with Crippen LogP contribution in [0.4, 0.5) is 10.6 Å². The Bertz CT molecular complexity index is 543. The number of nitrogens with zero attached hydrogens (tertiary/aromatic N) is 3. The van der Waals surface area contributed by atoms with Gasteiger partial charge in [0, 0.05) is 18.2 Å². The van der Waals surface area contributed by atoms with Crippen LogP contribution in [0.5, 0.6) is 0 Å². The van der Waals surface area contributed by atoms with Crippen molar-refractivity contribution in [3.8, 4) is 0 Å². The Morgan fingerprint density at radius 3 is 2.67 bits per heavy atom. The zero-order valence-electron chi connectivity index (χ0n) is 15.1. The maximum atomic E-state index is 12.4. The van der Waals surface area contributed by atoms with Gasteiger partial charge in [-0.1, -0.05) is 19.8 Å². The van der Waals surface area contributed by atoms with Crippen LogP contribution in [0.1, 0.15) is 64.8 Å². The number of urea groups is 1. The number of anilines is 1. The topological polar surface area (TPSA) is 62.2 Å². The van der Waals surface area contributed by atoms with Crippen LogP contribution in [0.3, 0.4) is 0 Å². The summed E-state index contributed by atoms with van der Waals surface area (Å²) in [5.74, 6) is 0.767. The van der Waals surface area contributed by atoms with E-state index in [0.29, 0.717) is 0 Å². The molecule has 2 N–H and O–H groups in total. The van der Waals surface area contributed by atoms with Crippen molar-refractivity contribution in [2.24, 2.45) is 0 Å². The third-order valence-corrected chi connectivity index (χ3v) is 5.81. The largest absolute Gasteiger partial charge is 0.336 e. The van der Waals surface area contributed by atoms with Gasteiger partial charge in [0.25, 0.3) is 0 Å². The van der Waals surface area contributed by atoms with Gasteiger partial charge in [-0.05, 0) is 52.1 Å². The van der Waals surface area contributed by atoms with Crippen molar-refractivity contribution in [2.45, 2.75) is 70.4 Å². The first-order valence-corrected chi connectivity index (χ1v) is 9.48. The highest BCUT2D eigenvalue weighted by molar-refractivity contribution is 5.88. The Hall–Kier alpha value is -1.56. The van der Waals surface area contributed by atoms with Gasteiger partial charge in [0.05, 0.1) is 12.2 Å². The molecule has 2 aliphatic rings. The molecule has 1 aromatic heterocycles. The van der Waals surface area contributed by atoms with Crippen molar-refractivity contribution < 1.29 is 4.79 Å². The van der Waals surface area contributed by atoms with Gasteiger partial charge in [-0.2, -0.15) is 5.10 Å². The molecule has 0 spiro atoms. The number of carbonyl (C=O) groups is 1. The van der Waals surface area contributed by atoms with Crippen LogP contribution in [0, 0.1) is 0 Å². The zero-order chi connectivity index (χ0) is 17.0. The van der Waals surface area contributed by atoms with Gasteiger partial charge in [-0.25, -0.2) is 9.48 Å². The molecule has 1 saturated heterocycles. The van der Waals surface area contributed by atoms with Gasteiger partial charge >= 0.3 is 6.03 Å². The number of hydrogen-bond donors (Lipinski definition) is 2. The summed E-state index contributed by atoms with van der Waals surface area (Å²) in [7, 11) is 0. The van der Waals surface area contributed by atoms with E-state index in [0.717, 1.165) is 18.8 Å². The molecular formula is C18H31N5O. The molecule has 6 heteroatoms. The highest BCUT2D eigenvalue weighted by Gasteiger charge is 2.40. The highest BCUT2D eigenvalue weighted by Crippen LogP contribution is 2.36. The highest BCUT2D eigenvalue weighted by atomic mass is 16.2. The first-order valence-electron chi connectivity index (χ1n) is 9.48. The van der Waals surface area contributed by atoms with Crippen molar-refractivity contribution in [2.75, 3.05) is 25.0 Å². The molecule has 0 radical (unpaired) electrons. The van der Waals surface area contributed by atoms with Crippen molar-refractivity contribution in [1.82, 2.24) is 20.0 Å². The van der Waals surface area contributed by atoms with Crippen LogP contribution in [-0.2, 0) is 0 Å². The van der Waals surface area contributed by atoms with Crippen LogP contribution >= 0.6 is 0 Å². The Morgan fingerprint density at radius 2 is 2.00 bits per heavy atom. The lowest BCUT2D eigenvalue weighted by Gasteiger charge is -2.39. The van der Waals surface area contributed by atoms with Crippen molar-refractivity contribution >= 4 is 11.8 Å². The standard InChI is InChI=1S/C18H31N5O/c1-3-15(2)23-16(8-11-20-23)21-17(24)19-14-18(9-4-5-10-18)22-12-6-7-13-22/h8,11,15H,3-7,9-10,12-14H2,1-2H3,(H2,19,21,24)/t15-/m1/s1. The molecule has 1 saturated carbocycles. The molecule has 2 heterocycles. The lowest BCUT2D eigenvalue weighted by molar-refractivity contribution is 0.122. The molecule has 24 heavy (non-hydrogen) atoms. The molecule has 3 rings (SSSR count). The van der Waals surface area contributed by atoms with Crippen LogP contribution in [0.2, 0.25) is 0 Å². The summed E-state index contributed by atoms with van der Waals surface area (Å²) in [4.78, 5) is 15.0. The molecule has 1 aromatic rings. The molecule has 134 valence electrons. The molecule has 1 aliphatic carbocycles. The van der Waals surface area contributed by atoms with E-state index in [-0.39, 0.29) is 17.6 Å². The third-order valence-electron chi connectivity index (χ3n) is 5.81. The first-order chi connectivity index (χ1) is 11.6. The second-order valence-electron chi connectivity index (χ2n) is 7.35. The Kier molecular flexibility index (Phi) is 5.43. The minimum absolute atomic E-state index is 0.120. The quantitative estimate of drug-likeness (QED) is 0.839. The number of hydrogen-bond acceptors (Lipinski definition) is 3. The number of rotatable bonds is 6. The normalized spacial score (nSPS) is 21.8. The molecular weight excluding hydrogens is 302 g/mol. The monoisotopic (exact) mass is 333 g/mol. The minimum Gasteiger partial charge on any atom is -0.336 e. The fourth-order valence-electron chi connectivity index (χ4n) is 4.17. The van der Waals surface area contributed by atoms with Gasteiger partial charge in [0.15, 0.2) is 0 Å². The van der Waals surface area contributed by atoms with E-state index in [1.807, 2.05) is 10.7 Å². The second-order valence-corrected chi connectivity index (χ2v) is 7.35. The van der Waals surface area contributed by atoms with Crippen LogP contribution in [-0.4, -0.2) is 45.9 Å². The van der Waals surface area contributed by atoms with Crippen molar-refractivity contribution in [3.05, 3.63) is 12.3 Å². The van der Waals surface area contributed by atoms with Gasteiger partial charge in [0.2, 0.25) is 0 Å². The molecule has 0 aromatic carbocycles. The molecule has 0 unspecified atom stereocenters. The lowest BCUT2D eigenvalue weighted by Crippen LogP contribution is -2.53. The van der Waals surface area contributed by atoms with Crippen molar-refractivity contribution in [3.63, 3.8) is 0 Å². The number of nitrogens with one attached hydrogen (secondary N) is 2. The van der Waals surface area contributed by atoms with Gasteiger partial charge in [-0.3, -0.25) is 10.2 Å². The van der Waals surface area contributed by atoms with Gasteiger partial charge < -0.3 is 5.32 Å². The predicted octanol–water partition coefficient (Wildman–Crippen LogP) is 3.38. The maximum Gasteiger partial charge on any atom is 0.320 e. The summed E-state index contributed by atoms with van der Waals surface area (Å²) in [6.07, 6.45) is 10.3. The van der Waals surface area contributed by atoms with E-state index in [2.05, 4.69) is 34.5 Å². The summed E-state index contributed by atoms with van der Waals surface area (Å²) < 4.78 is 1.88. The minimum atomic E-state index is -0.120. The lowest BCUT2D eigenvalue weighted by atomic mass is 9.95. The molecule has 1 atom stereocenters. The first kappa shape index (κ1) is 17.3. The van der Waals surface area contributed by atoms with E-state index in [1.54, 1.807) is 6.20 Å². The average Bonchev–Trinajstić information content (AvgIpc) is 3.32. The predicted molar refractivity (Wildman–Crippen MR) is 96.3 cm³/mol.